The zero-order valence-electron chi connectivity index (χ0n) is 22.2. The van der Waals surface area contributed by atoms with E-state index in [1.54, 1.807) is 0 Å². The Kier molecular flexibility index (Phi) is 10.0. The average Bonchev–Trinajstić information content (AvgIpc) is 2.84. The Hall–Kier alpha value is -3.85. The third-order valence-corrected chi connectivity index (χ3v) is 5.72. The zero-order valence-corrected chi connectivity index (χ0v) is 22.2. The predicted octanol–water partition coefficient (Wildman–Crippen LogP) is 9.52. The number of benzene rings is 4. The van der Waals surface area contributed by atoms with Crippen LogP contribution in [0.15, 0.2) is 109 Å². The molecule has 0 aliphatic carbocycles. The first-order valence-corrected chi connectivity index (χ1v) is 12.1. The zero-order chi connectivity index (χ0) is 26.8. The maximum Gasteiger partial charge on any atom is 0.503 e. The van der Waals surface area contributed by atoms with E-state index in [1.807, 2.05) is 12.1 Å². The molecule has 3 nitrogen and oxygen atoms in total. The van der Waals surface area contributed by atoms with E-state index in [1.165, 1.54) is 33.4 Å². The van der Waals surface area contributed by atoms with Crippen LogP contribution in [0.3, 0.4) is 0 Å². The molecule has 2 N–H and O–H groups in total. The van der Waals surface area contributed by atoms with Crippen molar-refractivity contribution in [3.8, 4) is 22.3 Å². The maximum atomic E-state index is 8.56. The summed E-state index contributed by atoms with van der Waals surface area (Å²) < 4.78 is 0. The van der Waals surface area contributed by atoms with Crippen molar-refractivity contribution < 1.29 is 15.0 Å². The summed E-state index contributed by atoms with van der Waals surface area (Å²) in [6.07, 6.45) is -1.83. The molecule has 0 aliphatic rings. The molecule has 0 radical (unpaired) electrons. The number of hydrogen-bond donors (Lipinski definition) is 2. The van der Waals surface area contributed by atoms with Crippen LogP contribution in [-0.2, 0) is 10.8 Å². The highest BCUT2D eigenvalue weighted by atomic mass is 16.6. The monoisotopic (exact) mass is 482 g/mol. The van der Waals surface area contributed by atoms with Crippen molar-refractivity contribution in [2.45, 2.75) is 52.4 Å². The molecule has 0 aliphatic heterocycles. The Morgan fingerprint density at radius 3 is 0.889 bits per heavy atom. The van der Waals surface area contributed by atoms with Crippen molar-refractivity contribution >= 4 is 6.16 Å². The topological polar surface area (TPSA) is 57.5 Å². The van der Waals surface area contributed by atoms with Gasteiger partial charge >= 0.3 is 6.16 Å². The minimum absolute atomic E-state index is 0.231. The van der Waals surface area contributed by atoms with Gasteiger partial charge in [-0.15, -0.1) is 0 Å². The van der Waals surface area contributed by atoms with Crippen LogP contribution in [0.4, 0.5) is 4.79 Å². The van der Waals surface area contributed by atoms with E-state index in [-0.39, 0.29) is 10.8 Å². The van der Waals surface area contributed by atoms with Gasteiger partial charge in [0.15, 0.2) is 0 Å². The van der Waals surface area contributed by atoms with Crippen LogP contribution < -0.4 is 0 Å². The van der Waals surface area contributed by atoms with Crippen molar-refractivity contribution in [3.63, 3.8) is 0 Å². The van der Waals surface area contributed by atoms with Crippen LogP contribution in [0.2, 0.25) is 0 Å². The van der Waals surface area contributed by atoms with Gasteiger partial charge in [-0.2, -0.15) is 0 Å². The Morgan fingerprint density at radius 1 is 0.444 bits per heavy atom. The van der Waals surface area contributed by atoms with Gasteiger partial charge in [-0.1, -0.05) is 151 Å². The van der Waals surface area contributed by atoms with E-state index in [0.717, 1.165) is 0 Å². The molecule has 0 unspecified atom stereocenters. The molecule has 4 rings (SSSR count). The first kappa shape index (κ1) is 28.4. The molecule has 4 aromatic rings. The Morgan fingerprint density at radius 2 is 0.667 bits per heavy atom. The van der Waals surface area contributed by atoms with Crippen LogP contribution in [0, 0.1) is 0 Å². The molecular formula is C33H38O3. The molecule has 0 bridgehead atoms. The highest BCUT2D eigenvalue weighted by Crippen LogP contribution is 2.27. The number of carbonyl (C=O) groups is 1. The predicted molar refractivity (Wildman–Crippen MR) is 152 cm³/mol. The number of hydrogen-bond acceptors (Lipinski definition) is 1. The van der Waals surface area contributed by atoms with E-state index in [0.29, 0.717) is 0 Å². The van der Waals surface area contributed by atoms with Gasteiger partial charge in [-0.05, 0) is 44.2 Å². The SMILES string of the molecule is CC(C)(C)c1ccc(-c2ccccc2)cc1.CC(C)(C)c1ccc(-c2ccccc2)cc1.O=C(O)O. The molecule has 0 amide bonds. The van der Waals surface area contributed by atoms with Crippen LogP contribution >= 0.6 is 0 Å². The molecule has 4 aromatic carbocycles. The molecule has 36 heavy (non-hydrogen) atoms. The summed E-state index contributed by atoms with van der Waals surface area (Å²) in [5, 5.41) is 13.9. The lowest BCUT2D eigenvalue weighted by molar-refractivity contribution is 0.137. The standard InChI is InChI=1S/2C16H18.CH2O3/c2*1-16(2,3)15-11-9-14(10-12-15)13-7-5-4-6-8-13;2-1(3)4/h2*4-12H,1-3H3;(H2,2,3,4). The Bertz CT molecular complexity index is 1080. The minimum Gasteiger partial charge on any atom is -0.450 e. The molecule has 3 heteroatoms. The van der Waals surface area contributed by atoms with E-state index in [9.17, 15) is 0 Å². The largest absolute Gasteiger partial charge is 0.503 e. The van der Waals surface area contributed by atoms with Gasteiger partial charge in [-0.25, -0.2) is 4.79 Å². The van der Waals surface area contributed by atoms with Crippen molar-refractivity contribution in [2.24, 2.45) is 0 Å². The molecular weight excluding hydrogens is 444 g/mol. The lowest BCUT2D eigenvalue weighted by Crippen LogP contribution is -2.10. The minimum atomic E-state index is -1.83. The summed E-state index contributed by atoms with van der Waals surface area (Å²) >= 11 is 0. The third-order valence-electron chi connectivity index (χ3n) is 5.72. The van der Waals surface area contributed by atoms with Crippen molar-refractivity contribution in [2.75, 3.05) is 0 Å². The number of carboxylic acid groups (broad SMARTS) is 2. The fourth-order valence-corrected chi connectivity index (χ4v) is 3.59. The lowest BCUT2D eigenvalue weighted by Gasteiger charge is -2.19. The van der Waals surface area contributed by atoms with E-state index < -0.39 is 6.16 Å². The normalized spacial score (nSPS) is 10.8. The van der Waals surface area contributed by atoms with E-state index in [2.05, 4.69) is 139 Å². The second kappa shape index (κ2) is 12.7. The molecule has 0 spiro atoms. The average molecular weight is 483 g/mol. The highest BCUT2D eigenvalue weighted by Gasteiger charge is 2.13. The maximum absolute atomic E-state index is 8.56. The molecule has 0 saturated carbocycles. The van der Waals surface area contributed by atoms with Crippen LogP contribution in [0.25, 0.3) is 22.3 Å². The summed E-state index contributed by atoms with van der Waals surface area (Å²) in [7, 11) is 0. The first-order valence-electron chi connectivity index (χ1n) is 12.1. The second-order valence-electron chi connectivity index (χ2n) is 10.7. The molecule has 0 aromatic heterocycles. The highest BCUT2D eigenvalue weighted by molar-refractivity contribution is 5.64. The van der Waals surface area contributed by atoms with Gasteiger partial charge in [-0.3, -0.25) is 0 Å². The molecule has 0 saturated heterocycles. The molecule has 0 heterocycles. The quantitative estimate of drug-likeness (QED) is 0.299. The Labute approximate surface area is 216 Å². The van der Waals surface area contributed by atoms with Gasteiger partial charge in [0.1, 0.15) is 0 Å². The van der Waals surface area contributed by atoms with Gasteiger partial charge in [0.25, 0.3) is 0 Å². The summed E-state index contributed by atoms with van der Waals surface area (Å²) in [6.45, 7) is 13.4. The molecule has 0 fully saturated rings. The van der Waals surface area contributed by atoms with E-state index >= 15 is 0 Å². The van der Waals surface area contributed by atoms with Crippen LogP contribution in [-0.4, -0.2) is 16.4 Å². The Balaban J connectivity index is 0.000000221. The summed E-state index contributed by atoms with van der Waals surface area (Å²) in [4.78, 5) is 8.56. The third kappa shape index (κ3) is 9.42. The first-order chi connectivity index (χ1) is 16.9. The second-order valence-corrected chi connectivity index (χ2v) is 10.7. The fourth-order valence-electron chi connectivity index (χ4n) is 3.59. The molecule has 188 valence electrons. The number of rotatable bonds is 2. The summed E-state index contributed by atoms with van der Waals surface area (Å²) in [5.41, 5.74) is 8.36. The summed E-state index contributed by atoms with van der Waals surface area (Å²) in [6, 6.07) is 38.7. The molecule has 0 atom stereocenters. The van der Waals surface area contributed by atoms with Crippen LogP contribution in [0.5, 0.6) is 0 Å². The van der Waals surface area contributed by atoms with Gasteiger partial charge in [0.2, 0.25) is 0 Å². The summed E-state index contributed by atoms with van der Waals surface area (Å²) in [5.74, 6) is 0. The van der Waals surface area contributed by atoms with E-state index in [4.69, 9.17) is 15.0 Å². The van der Waals surface area contributed by atoms with Gasteiger partial charge in [0.05, 0.1) is 0 Å². The van der Waals surface area contributed by atoms with Crippen LogP contribution in [0.1, 0.15) is 52.7 Å². The van der Waals surface area contributed by atoms with Crippen molar-refractivity contribution in [1.82, 2.24) is 0 Å². The van der Waals surface area contributed by atoms with Crippen molar-refractivity contribution in [3.05, 3.63) is 120 Å². The van der Waals surface area contributed by atoms with Crippen molar-refractivity contribution in [1.29, 1.82) is 0 Å². The van der Waals surface area contributed by atoms with Gasteiger partial charge in [0, 0.05) is 0 Å². The lowest BCUT2D eigenvalue weighted by atomic mass is 9.86. The van der Waals surface area contributed by atoms with Gasteiger partial charge < -0.3 is 10.2 Å². The fraction of sp³-hybridized carbons (Fsp3) is 0.242. The smallest absolute Gasteiger partial charge is 0.450 e.